The molecule has 0 atom stereocenters. The zero-order chi connectivity index (χ0) is 13.2. The molecule has 0 bridgehead atoms. The van der Waals surface area contributed by atoms with Gasteiger partial charge in [-0.2, -0.15) is 5.10 Å². The maximum atomic E-state index is 4.58. The van der Waals surface area contributed by atoms with E-state index in [0.717, 1.165) is 17.1 Å². The number of benzene rings is 2. The quantitative estimate of drug-likeness (QED) is 0.666. The van der Waals surface area contributed by atoms with E-state index in [1.165, 1.54) is 11.1 Å². The molecule has 94 valence electrons. The summed E-state index contributed by atoms with van der Waals surface area (Å²) in [6, 6.07) is 20.9. The fourth-order valence-corrected chi connectivity index (χ4v) is 2.39. The molecule has 0 aliphatic heterocycles. The summed E-state index contributed by atoms with van der Waals surface area (Å²) in [5, 5.41) is 4.58. The van der Waals surface area contributed by atoms with Gasteiger partial charge in [0.15, 0.2) is 0 Å². The Morgan fingerprint density at radius 2 is 1.53 bits per heavy atom. The van der Waals surface area contributed by atoms with Crippen LogP contribution in [-0.4, -0.2) is 9.78 Å². The molecule has 0 amide bonds. The van der Waals surface area contributed by atoms with Crippen LogP contribution in [0.25, 0.3) is 16.8 Å². The van der Waals surface area contributed by atoms with Crippen LogP contribution in [0.3, 0.4) is 0 Å². The van der Waals surface area contributed by atoms with Gasteiger partial charge in [0.2, 0.25) is 0 Å². The van der Waals surface area contributed by atoms with Crippen molar-refractivity contribution in [3.8, 4) is 16.8 Å². The normalized spacial score (nSPS) is 10.6. The van der Waals surface area contributed by atoms with E-state index < -0.39 is 0 Å². The predicted molar refractivity (Wildman–Crippen MR) is 78.5 cm³/mol. The van der Waals surface area contributed by atoms with E-state index in [1.807, 2.05) is 17.7 Å². The van der Waals surface area contributed by atoms with Crippen LogP contribution < -0.4 is 0 Å². The van der Waals surface area contributed by atoms with E-state index in [2.05, 4.69) is 66.6 Å². The van der Waals surface area contributed by atoms with Gasteiger partial charge < -0.3 is 0 Å². The number of rotatable bonds is 2. The number of para-hydroxylation sites is 1. The highest BCUT2D eigenvalue weighted by molar-refractivity contribution is 5.72. The van der Waals surface area contributed by atoms with Gasteiger partial charge in [-0.15, -0.1) is 0 Å². The van der Waals surface area contributed by atoms with Crippen LogP contribution >= 0.6 is 0 Å². The third kappa shape index (κ3) is 2.17. The lowest BCUT2D eigenvalue weighted by Crippen LogP contribution is -2.01. The second kappa shape index (κ2) is 4.73. The molecule has 0 saturated carbocycles. The van der Waals surface area contributed by atoms with Crippen molar-refractivity contribution in [1.29, 1.82) is 0 Å². The summed E-state index contributed by atoms with van der Waals surface area (Å²) in [6.07, 6.45) is 0. The summed E-state index contributed by atoms with van der Waals surface area (Å²) in [7, 11) is 0. The molecule has 0 unspecified atom stereocenters. The van der Waals surface area contributed by atoms with E-state index in [1.54, 1.807) is 0 Å². The Kier molecular flexibility index (Phi) is 2.92. The minimum atomic E-state index is 1.04. The van der Waals surface area contributed by atoms with Crippen molar-refractivity contribution in [2.75, 3.05) is 0 Å². The van der Waals surface area contributed by atoms with Gasteiger partial charge in [-0.3, -0.25) is 0 Å². The molecular formula is C17H16N2. The fraction of sp³-hybridized carbons (Fsp3) is 0.118. The van der Waals surface area contributed by atoms with E-state index in [9.17, 15) is 0 Å². The Morgan fingerprint density at radius 1 is 0.842 bits per heavy atom. The highest BCUT2D eigenvalue weighted by Gasteiger charge is 2.09. The van der Waals surface area contributed by atoms with E-state index in [-0.39, 0.29) is 0 Å². The van der Waals surface area contributed by atoms with Gasteiger partial charge in [0.05, 0.1) is 11.4 Å². The van der Waals surface area contributed by atoms with Gasteiger partial charge in [-0.25, -0.2) is 4.68 Å². The van der Waals surface area contributed by atoms with Crippen LogP contribution in [-0.2, 0) is 0 Å². The Balaban J connectivity index is 2.21. The number of aromatic nitrogens is 2. The minimum Gasteiger partial charge on any atom is -0.237 e. The highest BCUT2D eigenvalue weighted by atomic mass is 15.3. The first-order valence-electron chi connectivity index (χ1n) is 6.44. The van der Waals surface area contributed by atoms with E-state index >= 15 is 0 Å². The van der Waals surface area contributed by atoms with E-state index in [4.69, 9.17) is 0 Å². The molecule has 0 saturated heterocycles. The van der Waals surface area contributed by atoms with Crippen molar-refractivity contribution >= 4 is 0 Å². The molecule has 0 aliphatic carbocycles. The predicted octanol–water partition coefficient (Wildman–Crippen LogP) is 4.16. The van der Waals surface area contributed by atoms with Crippen molar-refractivity contribution in [1.82, 2.24) is 9.78 Å². The topological polar surface area (TPSA) is 17.8 Å². The molecule has 3 rings (SSSR count). The summed E-state index contributed by atoms with van der Waals surface area (Å²) >= 11 is 0. The fourth-order valence-electron chi connectivity index (χ4n) is 2.39. The molecule has 2 heteroatoms. The Labute approximate surface area is 113 Å². The molecular weight excluding hydrogens is 232 g/mol. The second-order valence-electron chi connectivity index (χ2n) is 4.72. The maximum Gasteiger partial charge on any atom is 0.0727 e. The molecule has 2 nitrogen and oxygen atoms in total. The Morgan fingerprint density at radius 3 is 2.21 bits per heavy atom. The van der Waals surface area contributed by atoms with Gasteiger partial charge >= 0.3 is 0 Å². The Bertz CT molecular complexity index is 696. The number of nitrogens with zero attached hydrogens (tertiary/aromatic N) is 2. The van der Waals surface area contributed by atoms with Gasteiger partial charge in [0, 0.05) is 11.3 Å². The number of hydrogen-bond acceptors (Lipinski definition) is 1. The molecule has 1 heterocycles. The van der Waals surface area contributed by atoms with Crippen molar-refractivity contribution in [3.05, 3.63) is 72.1 Å². The largest absolute Gasteiger partial charge is 0.237 e. The lowest BCUT2D eigenvalue weighted by Gasteiger charge is -2.11. The standard InChI is InChI=1S/C17H16N2/c1-13-12-14(2)19(18-13)17-11-7-6-10-16(17)15-8-4-3-5-9-15/h3-12H,1-2H3. The monoisotopic (exact) mass is 248 g/mol. The molecule has 2 aromatic carbocycles. The molecule has 1 aromatic heterocycles. The van der Waals surface area contributed by atoms with Crippen molar-refractivity contribution in [3.63, 3.8) is 0 Å². The van der Waals surface area contributed by atoms with Crippen LogP contribution in [0.5, 0.6) is 0 Å². The first-order valence-corrected chi connectivity index (χ1v) is 6.44. The summed E-state index contributed by atoms with van der Waals surface area (Å²) in [4.78, 5) is 0. The van der Waals surface area contributed by atoms with Crippen LogP contribution in [0, 0.1) is 13.8 Å². The first-order chi connectivity index (χ1) is 9.25. The lowest BCUT2D eigenvalue weighted by molar-refractivity contribution is 0.835. The summed E-state index contributed by atoms with van der Waals surface area (Å²) < 4.78 is 2.01. The second-order valence-corrected chi connectivity index (χ2v) is 4.72. The highest BCUT2D eigenvalue weighted by Crippen LogP contribution is 2.27. The first kappa shape index (κ1) is 11.7. The maximum absolute atomic E-state index is 4.58. The van der Waals surface area contributed by atoms with Crippen LogP contribution in [0.1, 0.15) is 11.4 Å². The third-order valence-electron chi connectivity index (χ3n) is 3.23. The van der Waals surface area contributed by atoms with Gasteiger partial charge in [0.1, 0.15) is 0 Å². The molecule has 0 radical (unpaired) electrons. The molecule has 19 heavy (non-hydrogen) atoms. The third-order valence-corrected chi connectivity index (χ3v) is 3.23. The van der Waals surface area contributed by atoms with Crippen LogP contribution in [0.4, 0.5) is 0 Å². The Hall–Kier alpha value is -2.35. The molecule has 0 spiro atoms. The molecule has 3 aromatic rings. The number of aryl methyl sites for hydroxylation is 2. The lowest BCUT2D eigenvalue weighted by atomic mass is 10.0. The van der Waals surface area contributed by atoms with Crippen LogP contribution in [0.15, 0.2) is 60.7 Å². The van der Waals surface area contributed by atoms with Crippen LogP contribution in [0.2, 0.25) is 0 Å². The summed E-state index contributed by atoms with van der Waals surface area (Å²) in [5.41, 5.74) is 5.74. The molecule has 0 aliphatic rings. The zero-order valence-corrected chi connectivity index (χ0v) is 11.2. The minimum absolute atomic E-state index is 1.04. The summed E-state index contributed by atoms with van der Waals surface area (Å²) in [5.74, 6) is 0. The average molecular weight is 248 g/mol. The van der Waals surface area contributed by atoms with Crippen molar-refractivity contribution in [2.45, 2.75) is 13.8 Å². The van der Waals surface area contributed by atoms with Crippen molar-refractivity contribution in [2.24, 2.45) is 0 Å². The number of hydrogen-bond donors (Lipinski definition) is 0. The van der Waals surface area contributed by atoms with Gasteiger partial charge in [-0.1, -0.05) is 48.5 Å². The zero-order valence-electron chi connectivity index (χ0n) is 11.2. The van der Waals surface area contributed by atoms with E-state index in [0.29, 0.717) is 0 Å². The summed E-state index contributed by atoms with van der Waals surface area (Å²) in [6.45, 7) is 4.11. The van der Waals surface area contributed by atoms with Gasteiger partial charge in [0.25, 0.3) is 0 Å². The van der Waals surface area contributed by atoms with Crippen molar-refractivity contribution < 1.29 is 0 Å². The average Bonchev–Trinajstić information content (AvgIpc) is 2.79. The molecule has 0 fully saturated rings. The van der Waals surface area contributed by atoms with Gasteiger partial charge in [-0.05, 0) is 31.5 Å². The smallest absolute Gasteiger partial charge is 0.0727 e. The molecule has 0 N–H and O–H groups in total. The SMILES string of the molecule is Cc1cc(C)n(-c2ccccc2-c2ccccc2)n1.